The predicted octanol–water partition coefficient (Wildman–Crippen LogP) is 2.11. The van der Waals surface area contributed by atoms with Crippen LogP contribution in [0.5, 0.6) is 0 Å². The zero-order valence-electron chi connectivity index (χ0n) is 27.7. The molecule has 0 radical (unpaired) electrons. The molecule has 2 heterocycles. The van der Waals surface area contributed by atoms with E-state index in [1.165, 1.54) is 31.3 Å². The molecule has 17 heteroatoms. The first kappa shape index (κ1) is 36.6. The van der Waals surface area contributed by atoms with Crippen LogP contribution in [0.4, 0.5) is 23.1 Å². The molecule has 2 atom stereocenters. The van der Waals surface area contributed by atoms with Crippen molar-refractivity contribution < 1.29 is 32.7 Å². The van der Waals surface area contributed by atoms with E-state index in [-0.39, 0.29) is 42.2 Å². The van der Waals surface area contributed by atoms with Crippen LogP contribution >= 0.6 is 0 Å². The van der Waals surface area contributed by atoms with Gasteiger partial charge in [0.25, 0.3) is 0 Å². The first-order valence-electron chi connectivity index (χ1n) is 15.2. The third kappa shape index (κ3) is 8.62. The molecule has 4 rings (SSSR count). The van der Waals surface area contributed by atoms with Crippen LogP contribution in [0.1, 0.15) is 43.9 Å². The molecule has 4 aromatic rings. The van der Waals surface area contributed by atoms with Gasteiger partial charge in [-0.05, 0) is 75.6 Å². The second-order valence-corrected chi connectivity index (χ2v) is 13.2. The lowest BCUT2D eigenvalue weighted by Gasteiger charge is -2.25. The summed E-state index contributed by atoms with van der Waals surface area (Å²) in [7, 11) is -0.541. The number of hydrogen-bond acceptors (Lipinski definition) is 11. The Bertz CT molecular complexity index is 2030. The first-order chi connectivity index (χ1) is 23.0. The van der Waals surface area contributed by atoms with Crippen LogP contribution < -0.4 is 26.0 Å². The number of hydrogen-bond donors (Lipinski definition) is 4. The van der Waals surface area contributed by atoms with Crippen LogP contribution in [0, 0.1) is 13.8 Å². The number of carboxylic acids is 1. The Morgan fingerprint density at radius 3 is 2.37 bits per heavy atom. The van der Waals surface area contributed by atoms with E-state index in [4.69, 9.17) is 16.0 Å². The molecule has 49 heavy (non-hydrogen) atoms. The van der Waals surface area contributed by atoms with Gasteiger partial charge < -0.3 is 21.1 Å². The fourth-order valence-electron chi connectivity index (χ4n) is 5.15. The molecule has 0 spiro atoms. The average molecular weight is 694 g/mol. The van der Waals surface area contributed by atoms with E-state index in [0.717, 1.165) is 27.2 Å². The average Bonchev–Trinajstić information content (AvgIpc) is 3.33. The highest BCUT2D eigenvalue weighted by Gasteiger charge is 2.27. The molecular formula is C32H39N9O7S. The van der Waals surface area contributed by atoms with Crippen LogP contribution in [0.25, 0.3) is 10.9 Å². The maximum atomic E-state index is 14.0. The minimum atomic E-state index is -4.18. The number of primary sulfonamides is 1. The Kier molecular flexibility index (Phi) is 11.1. The second kappa shape index (κ2) is 14.9. The number of aromatic nitrogens is 4. The molecule has 0 aliphatic carbocycles. The molecule has 2 amide bonds. The summed E-state index contributed by atoms with van der Waals surface area (Å²) < 4.78 is 26.6. The second-order valence-electron chi connectivity index (χ2n) is 11.7. The van der Waals surface area contributed by atoms with Gasteiger partial charge >= 0.3 is 5.97 Å². The minimum Gasteiger partial charge on any atom is -0.481 e. The number of amides is 2. The van der Waals surface area contributed by atoms with Crippen LogP contribution in [0.2, 0.25) is 0 Å². The van der Waals surface area contributed by atoms with Crippen molar-refractivity contribution in [3.8, 4) is 0 Å². The standard InChI is InChI=1S/C32H39N9O7S/c1-18-6-7-22(17-27(18)49(34,47)48)41(29(43)12-11-25(20(3)42)36-31(46)24(33)10-13-30(44)45)32-35-15-14-28(37-32)39(4)21-8-9-23-19(2)40(5)38-26(23)16-21/h6-9,14-17,24-25H,10-13,33H2,1-5H3,(H,36,46)(H,44,45)(H2,34,47,48)/t24-,25-/m0/s1. The van der Waals surface area contributed by atoms with Crippen molar-refractivity contribution in [2.75, 3.05) is 16.8 Å². The Labute approximate surface area is 283 Å². The summed E-state index contributed by atoms with van der Waals surface area (Å²) in [5.41, 5.74) is 8.79. The number of carboxylic acid groups (broad SMARTS) is 1. The van der Waals surface area contributed by atoms with Crippen molar-refractivity contribution in [1.29, 1.82) is 0 Å². The maximum Gasteiger partial charge on any atom is 0.303 e. The molecule has 16 nitrogen and oxygen atoms in total. The molecule has 2 aromatic carbocycles. The van der Waals surface area contributed by atoms with E-state index >= 15 is 0 Å². The van der Waals surface area contributed by atoms with Gasteiger partial charge in [0.05, 0.1) is 28.2 Å². The number of Topliss-reactive ketones (excluding diaryl/α,β-unsaturated/α-hetero) is 1. The Morgan fingerprint density at radius 2 is 1.71 bits per heavy atom. The Hall–Kier alpha value is -5.26. The first-order valence-corrected chi connectivity index (χ1v) is 16.8. The summed E-state index contributed by atoms with van der Waals surface area (Å²) >= 11 is 0. The summed E-state index contributed by atoms with van der Waals surface area (Å²) in [5, 5.41) is 22.4. The quantitative estimate of drug-likeness (QED) is 0.149. The number of carbonyl (C=O) groups is 4. The van der Waals surface area contributed by atoms with Gasteiger partial charge in [0.1, 0.15) is 5.82 Å². The Balaban J connectivity index is 1.68. The summed E-state index contributed by atoms with van der Waals surface area (Å²) in [6.45, 7) is 4.76. The SMILES string of the molecule is CC(=O)[C@H](CCC(=O)N(c1ccc(C)c(S(N)(=O)=O)c1)c1nccc(N(C)c2ccc3c(C)n(C)nc3c2)n1)NC(=O)[C@@H](N)CCC(=O)O. The van der Waals surface area contributed by atoms with Crippen molar-refractivity contribution >= 4 is 67.6 Å². The maximum absolute atomic E-state index is 14.0. The van der Waals surface area contributed by atoms with E-state index < -0.39 is 45.7 Å². The lowest BCUT2D eigenvalue weighted by atomic mass is 10.1. The highest BCUT2D eigenvalue weighted by atomic mass is 32.2. The number of aliphatic carboxylic acids is 1. The van der Waals surface area contributed by atoms with Gasteiger partial charge in [-0.1, -0.05) is 6.07 Å². The highest BCUT2D eigenvalue weighted by Crippen LogP contribution is 2.31. The summed E-state index contributed by atoms with van der Waals surface area (Å²) in [4.78, 5) is 61.5. The number of fused-ring (bicyclic) bond motifs is 1. The summed E-state index contributed by atoms with van der Waals surface area (Å²) in [6, 6.07) is 9.35. The number of ketones is 1. The van der Waals surface area contributed by atoms with E-state index in [1.807, 2.05) is 32.2 Å². The zero-order valence-corrected chi connectivity index (χ0v) is 28.6. The van der Waals surface area contributed by atoms with E-state index in [2.05, 4.69) is 20.4 Å². The minimum absolute atomic E-state index is 0.0903. The molecule has 6 N–H and O–H groups in total. The van der Waals surface area contributed by atoms with Gasteiger partial charge in [0, 0.05) is 49.9 Å². The molecule has 0 aliphatic heterocycles. The third-order valence-corrected chi connectivity index (χ3v) is 9.17. The van der Waals surface area contributed by atoms with E-state index in [0.29, 0.717) is 11.4 Å². The van der Waals surface area contributed by atoms with Crippen molar-refractivity contribution in [2.45, 2.75) is 63.4 Å². The van der Waals surface area contributed by atoms with Crippen molar-refractivity contribution in [3.05, 3.63) is 59.9 Å². The normalized spacial score (nSPS) is 12.7. The fraction of sp³-hybridized carbons (Fsp3) is 0.344. The number of nitrogens with one attached hydrogen (secondary N) is 1. The number of aryl methyl sites for hydroxylation is 3. The van der Waals surface area contributed by atoms with E-state index in [1.54, 1.807) is 29.6 Å². The van der Waals surface area contributed by atoms with Gasteiger partial charge in [0.2, 0.25) is 27.8 Å². The number of benzene rings is 2. The molecule has 2 aromatic heterocycles. The number of carbonyl (C=O) groups excluding carboxylic acids is 3. The molecule has 0 saturated heterocycles. The monoisotopic (exact) mass is 693 g/mol. The third-order valence-electron chi connectivity index (χ3n) is 8.12. The van der Waals surface area contributed by atoms with Crippen LogP contribution in [-0.4, -0.2) is 76.0 Å². The predicted molar refractivity (Wildman–Crippen MR) is 182 cm³/mol. The zero-order chi connectivity index (χ0) is 36.2. The molecule has 260 valence electrons. The van der Waals surface area contributed by atoms with Gasteiger partial charge in [-0.25, -0.2) is 23.4 Å². The van der Waals surface area contributed by atoms with Crippen LogP contribution in [-0.2, 0) is 36.2 Å². The number of rotatable bonds is 14. The van der Waals surface area contributed by atoms with Gasteiger partial charge in [-0.15, -0.1) is 0 Å². The number of nitrogens with two attached hydrogens (primary N) is 2. The molecule has 0 saturated carbocycles. The van der Waals surface area contributed by atoms with Crippen molar-refractivity contribution in [1.82, 2.24) is 25.1 Å². The summed E-state index contributed by atoms with van der Waals surface area (Å²) in [6.07, 6.45) is 0.501. The van der Waals surface area contributed by atoms with Crippen LogP contribution in [0.3, 0.4) is 0 Å². The lowest BCUT2D eigenvalue weighted by Crippen LogP contribution is -2.48. The molecule has 0 fully saturated rings. The molecule has 0 bridgehead atoms. The lowest BCUT2D eigenvalue weighted by molar-refractivity contribution is -0.137. The fourth-order valence-corrected chi connectivity index (χ4v) is 5.95. The molecule has 0 aliphatic rings. The van der Waals surface area contributed by atoms with Crippen LogP contribution in [0.15, 0.2) is 53.6 Å². The van der Waals surface area contributed by atoms with Gasteiger partial charge in [-0.3, -0.25) is 23.9 Å². The van der Waals surface area contributed by atoms with Crippen molar-refractivity contribution in [3.63, 3.8) is 0 Å². The topological polar surface area (TPSA) is 237 Å². The summed E-state index contributed by atoms with van der Waals surface area (Å²) in [5.74, 6) is -2.62. The number of sulfonamides is 1. The Morgan fingerprint density at radius 1 is 1.02 bits per heavy atom. The highest BCUT2D eigenvalue weighted by molar-refractivity contribution is 7.89. The van der Waals surface area contributed by atoms with Gasteiger partial charge in [-0.2, -0.15) is 10.1 Å². The van der Waals surface area contributed by atoms with Gasteiger partial charge in [0.15, 0.2) is 5.78 Å². The largest absolute Gasteiger partial charge is 0.481 e. The smallest absolute Gasteiger partial charge is 0.303 e. The molecular weight excluding hydrogens is 654 g/mol. The number of anilines is 4. The van der Waals surface area contributed by atoms with E-state index in [9.17, 15) is 27.6 Å². The molecule has 0 unspecified atom stereocenters. The number of nitrogens with zero attached hydrogens (tertiary/aromatic N) is 6. The van der Waals surface area contributed by atoms with Crippen molar-refractivity contribution in [2.24, 2.45) is 17.9 Å².